The van der Waals surface area contributed by atoms with Crippen molar-refractivity contribution in [2.24, 2.45) is 0 Å². The molecular formula is C8H7N3S. The van der Waals surface area contributed by atoms with Gasteiger partial charge in [-0.1, -0.05) is 17.4 Å². The Bertz CT molecular complexity index is 369. The van der Waals surface area contributed by atoms with Crippen molar-refractivity contribution >= 4 is 16.5 Å². The van der Waals surface area contributed by atoms with Gasteiger partial charge in [0.15, 0.2) is 5.13 Å². The first-order valence-corrected chi connectivity index (χ1v) is 4.30. The largest absolute Gasteiger partial charge is 0.375 e. The van der Waals surface area contributed by atoms with E-state index in [1.807, 2.05) is 18.2 Å². The SMILES string of the molecule is Nc1ncc(-c2ccccn2)s1. The van der Waals surface area contributed by atoms with Crippen molar-refractivity contribution < 1.29 is 0 Å². The van der Waals surface area contributed by atoms with E-state index in [-0.39, 0.29) is 0 Å². The van der Waals surface area contributed by atoms with Gasteiger partial charge in [-0.25, -0.2) is 4.98 Å². The van der Waals surface area contributed by atoms with Gasteiger partial charge in [-0.15, -0.1) is 0 Å². The van der Waals surface area contributed by atoms with E-state index in [4.69, 9.17) is 5.73 Å². The van der Waals surface area contributed by atoms with E-state index in [2.05, 4.69) is 9.97 Å². The monoisotopic (exact) mass is 177 g/mol. The van der Waals surface area contributed by atoms with Crippen LogP contribution in [-0.4, -0.2) is 9.97 Å². The van der Waals surface area contributed by atoms with Crippen molar-refractivity contribution in [3.05, 3.63) is 30.6 Å². The second kappa shape index (κ2) is 2.91. The Hall–Kier alpha value is -1.42. The van der Waals surface area contributed by atoms with E-state index in [9.17, 15) is 0 Å². The van der Waals surface area contributed by atoms with Crippen LogP contribution in [0.3, 0.4) is 0 Å². The molecule has 0 aromatic carbocycles. The van der Waals surface area contributed by atoms with Crippen LogP contribution in [0.2, 0.25) is 0 Å². The van der Waals surface area contributed by atoms with E-state index in [0.717, 1.165) is 10.6 Å². The molecule has 0 saturated carbocycles. The van der Waals surface area contributed by atoms with Crippen LogP contribution in [0.1, 0.15) is 0 Å². The van der Waals surface area contributed by atoms with E-state index in [0.29, 0.717) is 5.13 Å². The quantitative estimate of drug-likeness (QED) is 0.722. The number of pyridine rings is 1. The molecule has 2 aromatic rings. The van der Waals surface area contributed by atoms with Gasteiger partial charge in [0.25, 0.3) is 0 Å². The van der Waals surface area contributed by atoms with Gasteiger partial charge in [-0.05, 0) is 12.1 Å². The minimum Gasteiger partial charge on any atom is -0.375 e. The Morgan fingerprint density at radius 1 is 1.25 bits per heavy atom. The molecule has 0 radical (unpaired) electrons. The molecule has 12 heavy (non-hydrogen) atoms. The zero-order valence-electron chi connectivity index (χ0n) is 6.27. The molecule has 0 amide bonds. The van der Waals surface area contributed by atoms with Crippen LogP contribution in [0.4, 0.5) is 5.13 Å². The van der Waals surface area contributed by atoms with Crippen molar-refractivity contribution in [2.45, 2.75) is 0 Å². The molecule has 2 aromatic heterocycles. The summed E-state index contributed by atoms with van der Waals surface area (Å²) in [5, 5.41) is 0.579. The minimum absolute atomic E-state index is 0.579. The van der Waals surface area contributed by atoms with Gasteiger partial charge in [0.2, 0.25) is 0 Å². The topological polar surface area (TPSA) is 51.8 Å². The molecule has 0 aliphatic rings. The Balaban J connectivity index is 2.45. The lowest BCUT2D eigenvalue weighted by Gasteiger charge is -1.91. The zero-order valence-corrected chi connectivity index (χ0v) is 7.08. The third kappa shape index (κ3) is 1.29. The van der Waals surface area contributed by atoms with Gasteiger partial charge in [0, 0.05) is 12.4 Å². The maximum Gasteiger partial charge on any atom is 0.180 e. The molecule has 0 aliphatic heterocycles. The first-order valence-electron chi connectivity index (χ1n) is 3.49. The highest BCUT2D eigenvalue weighted by molar-refractivity contribution is 7.18. The first kappa shape index (κ1) is 7.24. The summed E-state index contributed by atoms with van der Waals surface area (Å²) in [5.74, 6) is 0. The summed E-state index contributed by atoms with van der Waals surface area (Å²) in [6.07, 6.45) is 3.49. The third-order valence-corrected chi connectivity index (χ3v) is 2.29. The fourth-order valence-electron chi connectivity index (χ4n) is 0.915. The summed E-state index contributed by atoms with van der Waals surface area (Å²) < 4.78 is 0. The summed E-state index contributed by atoms with van der Waals surface area (Å²) in [5.41, 5.74) is 6.42. The first-order chi connectivity index (χ1) is 5.86. The molecule has 3 nitrogen and oxygen atoms in total. The highest BCUT2D eigenvalue weighted by Gasteiger charge is 2.01. The molecular weight excluding hydrogens is 170 g/mol. The average molecular weight is 177 g/mol. The normalized spacial score (nSPS) is 10.0. The Morgan fingerprint density at radius 3 is 2.75 bits per heavy atom. The van der Waals surface area contributed by atoms with E-state index in [1.54, 1.807) is 12.4 Å². The van der Waals surface area contributed by atoms with Gasteiger partial charge in [0.05, 0.1) is 10.6 Å². The molecule has 2 N–H and O–H groups in total. The van der Waals surface area contributed by atoms with Gasteiger partial charge in [0.1, 0.15) is 0 Å². The summed E-state index contributed by atoms with van der Waals surface area (Å²) in [4.78, 5) is 9.13. The predicted octanol–water partition coefficient (Wildman–Crippen LogP) is 1.79. The van der Waals surface area contributed by atoms with Crippen molar-refractivity contribution in [3.8, 4) is 10.6 Å². The smallest absolute Gasteiger partial charge is 0.180 e. The number of nitrogens with two attached hydrogens (primary N) is 1. The molecule has 0 bridgehead atoms. The molecule has 0 spiro atoms. The lowest BCUT2D eigenvalue weighted by atomic mass is 10.3. The van der Waals surface area contributed by atoms with Gasteiger partial charge in [-0.2, -0.15) is 0 Å². The van der Waals surface area contributed by atoms with Crippen LogP contribution in [0.15, 0.2) is 30.6 Å². The average Bonchev–Trinajstić information content (AvgIpc) is 2.54. The van der Waals surface area contributed by atoms with E-state index >= 15 is 0 Å². The standard InChI is InChI=1S/C8H7N3S/c9-8-11-5-7(12-8)6-3-1-2-4-10-6/h1-5H,(H2,9,11). The highest BCUT2D eigenvalue weighted by atomic mass is 32.1. The molecule has 0 atom stereocenters. The Labute approximate surface area is 73.9 Å². The van der Waals surface area contributed by atoms with Crippen LogP contribution in [0.25, 0.3) is 10.6 Å². The number of hydrogen-bond donors (Lipinski definition) is 1. The summed E-state index contributed by atoms with van der Waals surface area (Å²) >= 11 is 1.44. The molecule has 60 valence electrons. The summed E-state index contributed by atoms with van der Waals surface area (Å²) in [6, 6.07) is 5.76. The fraction of sp³-hybridized carbons (Fsp3) is 0. The molecule has 4 heteroatoms. The lowest BCUT2D eigenvalue weighted by Crippen LogP contribution is -1.77. The molecule has 0 saturated heterocycles. The van der Waals surface area contributed by atoms with Crippen molar-refractivity contribution in [1.82, 2.24) is 9.97 Å². The van der Waals surface area contributed by atoms with Crippen molar-refractivity contribution in [2.75, 3.05) is 5.73 Å². The second-order valence-electron chi connectivity index (χ2n) is 2.28. The summed E-state index contributed by atoms with van der Waals surface area (Å²) in [7, 11) is 0. The van der Waals surface area contributed by atoms with Crippen molar-refractivity contribution in [1.29, 1.82) is 0 Å². The minimum atomic E-state index is 0.579. The van der Waals surface area contributed by atoms with E-state index in [1.165, 1.54) is 11.3 Å². The molecule has 2 rings (SSSR count). The zero-order chi connectivity index (χ0) is 8.39. The van der Waals surface area contributed by atoms with E-state index < -0.39 is 0 Å². The predicted molar refractivity (Wildman–Crippen MR) is 49.8 cm³/mol. The lowest BCUT2D eigenvalue weighted by molar-refractivity contribution is 1.33. The number of rotatable bonds is 1. The molecule has 0 aliphatic carbocycles. The fourth-order valence-corrected chi connectivity index (χ4v) is 1.58. The number of nitrogens with zero attached hydrogens (tertiary/aromatic N) is 2. The second-order valence-corrected chi connectivity index (χ2v) is 3.34. The number of nitrogen functional groups attached to an aromatic ring is 1. The number of hydrogen-bond acceptors (Lipinski definition) is 4. The van der Waals surface area contributed by atoms with Crippen LogP contribution in [0.5, 0.6) is 0 Å². The third-order valence-electron chi connectivity index (χ3n) is 1.44. The van der Waals surface area contributed by atoms with Crippen LogP contribution >= 0.6 is 11.3 Å². The van der Waals surface area contributed by atoms with Crippen LogP contribution in [-0.2, 0) is 0 Å². The van der Waals surface area contributed by atoms with Gasteiger partial charge < -0.3 is 5.73 Å². The summed E-state index contributed by atoms with van der Waals surface area (Å²) in [6.45, 7) is 0. The number of aromatic nitrogens is 2. The van der Waals surface area contributed by atoms with Gasteiger partial charge in [-0.3, -0.25) is 4.98 Å². The number of anilines is 1. The highest BCUT2D eigenvalue weighted by Crippen LogP contribution is 2.24. The maximum absolute atomic E-state index is 5.50. The molecule has 0 fully saturated rings. The van der Waals surface area contributed by atoms with Crippen LogP contribution < -0.4 is 5.73 Å². The van der Waals surface area contributed by atoms with Crippen LogP contribution in [0, 0.1) is 0 Å². The molecule has 0 unspecified atom stereocenters. The van der Waals surface area contributed by atoms with Gasteiger partial charge >= 0.3 is 0 Å². The Morgan fingerprint density at radius 2 is 2.17 bits per heavy atom. The van der Waals surface area contributed by atoms with Crippen molar-refractivity contribution in [3.63, 3.8) is 0 Å². The number of thiazole rings is 1. The molecule has 2 heterocycles. The Kier molecular flexibility index (Phi) is 1.75. The maximum atomic E-state index is 5.50.